The second-order valence-electron chi connectivity index (χ2n) is 8.84. The fourth-order valence-electron chi connectivity index (χ4n) is 5.40. The molecule has 3 aromatic heterocycles. The van der Waals surface area contributed by atoms with Crippen LogP contribution in [0.2, 0.25) is 0 Å². The van der Waals surface area contributed by atoms with Gasteiger partial charge in [0, 0.05) is 37.2 Å². The van der Waals surface area contributed by atoms with E-state index in [1.165, 1.54) is 0 Å². The average Bonchev–Trinajstić information content (AvgIpc) is 3.49. The third kappa shape index (κ3) is 2.82. The summed E-state index contributed by atoms with van der Waals surface area (Å²) in [7, 11) is 0. The van der Waals surface area contributed by atoms with Gasteiger partial charge in [0.1, 0.15) is 16.6 Å². The van der Waals surface area contributed by atoms with E-state index in [1.807, 2.05) is 47.7 Å². The molecular weight excluding hydrogens is 422 g/mol. The predicted octanol–water partition coefficient (Wildman–Crippen LogP) is 3.08. The van der Waals surface area contributed by atoms with Crippen LogP contribution in [-0.2, 0) is 4.79 Å². The van der Waals surface area contributed by atoms with Crippen molar-refractivity contribution in [3.8, 4) is 6.07 Å². The third-order valence-corrected chi connectivity index (χ3v) is 8.81. The molecule has 0 unspecified atom stereocenters. The van der Waals surface area contributed by atoms with Crippen LogP contribution in [0.15, 0.2) is 36.9 Å². The summed E-state index contributed by atoms with van der Waals surface area (Å²) in [5.41, 5.74) is 3.46. The number of rotatable bonds is 2. The quantitative estimate of drug-likeness (QED) is 0.599. The summed E-state index contributed by atoms with van der Waals surface area (Å²) < 4.78 is 1.55. The first kappa shape index (κ1) is 19.6. The van der Waals surface area contributed by atoms with Crippen LogP contribution in [0.25, 0.3) is 5.65 Å². The van der Waals surface area contributed by atoms with Crippen molar-refractivity contribution in [3.63, 3.8) is 0 Å². The maximum absolute atomic E-state index is 13.7. The zero-order valence-corrected chi connectivity index (χ0v) is 18.6. The Labute approximate surface area is 190 Å². The summed E-state index contributed by atoms with van der Waals surface area (Å²) in [5, 5.41) is 14.0. The molecule has 2 atom stereocenters. The number of aromatic nitrogens is 4. The molecule has 3 fully saturated rings. The standard InChI is InChI=1S/C23H23N7OS/c1-15-12-27-30-19(4-7-26-21(15)30)28-8-5-23(6-9-28)22(31)29-18(2-3-20(29)32-23)17-10-16(11-24)13-25-14-17/h4,7,10,12-14,18,20H,2-3,5-6,8-9H2,1H3/t18-,20+/m0/s1. The lowest BCUT2D eigenvalue weighted by Crippen LogP contribution is -2.48. The van der Waals surface area contributed by atoms with Gasteiger partial charge in [0.05, 0.1) is 23.2 Å². The Morgan fingerprint density at radius 2 is 2.06 bits per heavy atom. The lowest BCUT2D eigenvalue weighted by molar-refractivity contribution is -0.134. The van der Waals surface area contributed by atoms with Crippen LogP contribution in [0.1, 0.15) is 48.4 Å². The van der Waals surface area contributed by atoms with E-state index in [1.54, 1.807) is 12.4 Å². The minimum Gasteiger partial charge on any atom is -0.356 e. The Hall–Kier alpha value is -3.12. The van der Waals surface area contributed by atoms with E-state index in [-0.39, 0.29) is 22.1 Å². The number of piperidine rings is 1. The highest BCUT2D eigenvalue weighted by Gasteiger charge is 2.57. The molecule has 6 heterocycles. The molecule has 32 heavy (non-hydrogen) atoms. The molecule has 8 nitrogen and oxygen atoms in total. The zero-order valence-electron chi connectivity index (χ0n) is 17.8. The van der Waals surface area contributed by atoms with Gasteiger partial charge < -0.3 is 9.80 Å². The molecule has 3 saturated heterocycles. The van der Waals surface area contributed by atoms with Crippen LogP contribution >= 0.6 is 11.8 Å². The van der Waals surface area contributed by atoms with Crippen LogP contribution in [0.4, 0.5) is 5.82 Å². The number of hydrogen-bond donors (Lipinski definition) is 0. The number of nitriles is 1. The first-order chi connectivity index (χ1) is 15.6. The van der Waals surface area contributed by atoms with Gasteiger partial charge in [-0.1, -0.05) is 0 Å². The van der Waals surface area contributed by atoms with E-state index in [0.717, 1.165) is 61.4 Å². The second kappa shape index (κ2) is 7.20. The maximum atomic E-state index is 13.7. The van der Waals surface area contributed by atoms with Crippen molar-refractivity contribution < 1.29 is 4.79 Å². The van der Waals surface area contributed by atoms with E-state index in [2.05, 4.69) is 30.9 Å². The number of aryl methyl sites for hydroxylation is 1. The van der Waals surface area contributed by atoms with Gasteiger partial charge in [-0.3, -0.25) is 9.78 Å². The van der Waals surface area contributed by atoms with Crippen molar-refractivity contribution in [3.05, 3.63) is 53.6 Å². The number of amides is 1. The fourth-order valence-corrected chi connectivity index (χ4v) is 7.16. The molecule has 0 saturated carbocycles. The highest BCUT2D eigenvalue weighted by atomic mass is 32.2. The van der Waals surface area contributed by atoms with E-state index in [0.29, 0.717) is 5.56 Å². The second-order valence-corrected chi connectivity index (χ2v) is 10.4. The largest absolute Gasteiger partial charge is 0.356 e. The summed E-state index contributed by atoms with van der Waals surface area (Å²) in [6, 6.07) is 6.07. The van der Waals surface area contributed by atoms with Crippen molar-refractivity contribution in [1.82, 2.24) is 24.5 Å². The van der Waals surface area contributed by atoms with Gasteiger partial charge in [0.15, 0.2) is 5.65 Å². The van der Waals surface area contributed by atoms with Crippen LogP contribution in [0.5, 0.6) is 0 Å². The average molecular weight is 446 g/mol. The van der Waals surface area contributed by atoms with E-state index in [4.69, 9.17) is 0 Å². The number of thioether (sulfide) groups is 1. The Kier molecular flexibility index (Phi) is 4.40. The highest BCUT2D eigenvalue weighted by molar-refractivity contribution is 8.02. The van der Waals surface area contributed by atoms with Crippen LogP contribution in [-0.4, -0.2) is 53.6 Å². The van der Waals surface area contributed by atoms with Crippen molar-refractivity contribution in [2.45, 2.75) is 48.8 Å². The van der Waals surface area contributed by atoms with Gasteiger partial charge in [-0.15, -0.1) is 11.8 Å². The minimum absolute atomic E-state index is 0.0186. The molecule has 0 radical (unpaired) electrons. The number of carbonyl (C=O) groups excluding carboxylic acids is 1. The number of nitrogens with zero attached hydrogens (tertiary/aromatic N) is 7. The van der Waals surface area contributed by atoms with E-state index < -0.39 is 0 Å². The number of hydrogen-bond acceptors (Lipinski definition) is 7. The van der Waals surface area contributed by atoms with Crippen molar-refractivity contribution >= 4 is 29.1 Å². The summed E-state index contributed by atoms with van der Waals surface area (Å²) in [4.78, 5) is 26.8. The molecule has 1 spiro atoms. The number of anilines is 1. The minimum atomic E-state index is -0.355. The van der Waals surface area contributed by atoms with Crippen molar-refractivity contribution in [1.29, 1.82) is 5.26 Å². The lowest BCUT2D eigenvalue weighted by atomic mass is 9.93. The molecule has 0 bridgehead atoms. The van der Waals surface area contributed by atoms with Gasteiger partial charge in [-0.05, 0) is 50.3 Å². The molecule has 3 aromatic rings. The molecule has 6 rings (SSSR count). The van der Waals surface area contributed by atoms with Crippen LogP contribution in [0, 0.1) is 18.3 Å². The van der Waals surface area contributed by atoms with Crippen LogP contribution < -0.4 is 4.90 Å². The summed E-state index contributed by atoms with van der Waals surface area (Å²) in [5.74, 6) is 1.29. The van der Waals surface area contributed by atoms with E-state index in [9.17, 15) is 10.1 Å². The number of carbonyl (C=O) groups is 1. The van der Waals surface area contributed by atoms with Gasteiger partial charge in [0.25, 0.3) is 0 Å². The highest BCUT2D eigenvalue weighted by Crippen LogP contribution is 2.55. The SMILES string of the molecule is Cc1cnn2c(N3CCC4(CC3)S[C@@H]3CC[C@@H](c5cncc(C#N)c5)N3C4=O)ccnc12. The Balaban J connectivity index is 1.23. The molecule has 162 valence electrons. The smallest absolute Gasteiger partial charge is 0.240 e. The maximum Gasteiger partial charge on any atom is 0.240 e. The van der Waals surface area contributed by atoms with Gasteiger partial charge in [-0.2, -0.15) is 14.9 Å². The molecule has 0 aliphatic carbocycles. The molecule has 3 aliphatic heterocycles. The molecule has 9 heteroatoms. The van der Waals surface area contributed by atoms with Gasteiger partial charge in [-0.25, -0.2) is 4.98 Å². The Morgan fingerprint density at radius 3 is 2.88 bits per heavy atom. The van der Waals surface area contributed by atoms with Crippen molar-refractivity contribution in [2.24, 2.45) is 0 Å². The van der Waals surface area contributed by atoms with Crippen LogP contribution in [0.3, 0.4) is 0 Å². The molecule has 0 N–H and O–H groups in total. The molecule has 3 aliphatic rings. The summed E-state index contributed by atoms with van der Waals surface area (Å²) in [6.07, 6.45) is 10.6. The number of pyridine rings is 1. The first-order valence-corrected chi connectivity index (χ1v) is 11.9. The van der Waals surface area contributed by atoms with E-state index >= 15 is 0 Å². The molecular formula is C23H23N7OS. The fraction of sp³-hybridized carbons (Fsp3) is 0.435. The zero-order chi connectivity index (χ0) is 21.9. The topological polar surface area (TPSA) is 90.4 Å². The number of fused-ring (bicyclic) bond motifs is 2. The van der Waals surface area contributed by atoms with Crippen molar-refractivity contribution in [2.75, 3.05) is 18.0 Å². The van der Waals surface area contributed by atoms with Gasteiger partial charge >= 0.3 is 0 Å². The third-order valence-electron chi connectivity index (χ3n) is 7.04. The lowest BCUT2D eigenvalue weighted by Gasteiger charge is -2.38. The molecule has 1 amide bonds. The predicted molar refractivity (Wildman–Crippen MR) is 121 cm³/mol. The van der Waals surface area contributed by atoms with Gasteiger partial charge in [0.2, 0.25) is 5.91 Å². The molecule has 0 aromatic carbocycles. The monoisotopic (exact) mass is 445 g/mol. The Bertz CT molecular complexity index is 1260. The normalized spacial score (nSPS) is 24.3. The Morgan fingerprint density at radius 1 is 1.22 bits per heavy atom. The summed E-state index contributed by atoms with van der Waals surface area (Å²) >= 11 is 1.86. The first-order valence-electron chi connectivity index (χ1n) is 11.0. The summed E-state index contributed by atoms with van der Waals surface area (Å²) in [6.45, 7) is 3.64.